The topological polar surface area (TPSA) is 50.8 Å². The van der Waals surface area contributed by atoms with E-state index in [1.807, 2.05) is 56.3 Å². The first kappa shape index (κ1) is 19.1. The molecule has 1 atom stereocenters. The van der Waals surface area contributed by atoms with E-state index < -0.39 is 5.79 Å². The molecule has 2 fully saturated rings. The summed E-state index contributed by atoms with van der Waals surface area (Å²) in [7, 11) is 0. The summed E-state index contributed by atoms with van der Waals surface area (Å²) in [6.45, 7) is 6.91. The lowest BCUT2D eigenvalue weighted by Crippen LogP contribution is -2.48. The number of hydrogen-bond donors (Lipinski definition) is 1. The smallest absolute Gasteiger partial charge is 0.246 e. The van der Waals surface area contributed by atoms with Gasteiger partial charge in [0.2, 0.25) is 5.91 Å². The maximum atomic E-state index is 13.4. The van der Waals surface area contributed by atoms with Crippen LogP contribution >= 0.6 is 0 Å². The summed E-state index contributed by atoms with van der Waals surface area (Å²) >= 11 is 0. The third-order valence-electron chi connectivity index (χ3n) is 5.75. The van der Waals surface area contributed by atoms with E-state index >= 15 is 0 Å². The molecule has 0 aromatic heterocycles. The Labute approximate surface area is 166 Å². The molecule has 0 radical (unpaired) electrons. The summed E-state index contributed by atoms with van der Waals surface area (Å²) in [5.41, 5.74) is 4.08. The first-order valence-corrected chi connectivity index (χ1v) is 10.0. The van der Waals surface area contributed by atoms with Crippen LogP contribution in [0.5, 0.6) is 0 Å². The first-order valence-electron chi connectivity index (χ1n) is 10.0. The zero-order valence-corrected chi connectivity index (χ0v) is 16.6. The van der Waals surface area contributed by atoms with Gasteiger partial charge >= 0.3 is 0 Å². The van der Waals surface area contributed by atoms with E-state index in [4.69, 9.17) is 9.47 Å². The minimum absolute atomic E-state index is 0.00380. The highest BCUT2D eigenvalue weighted by atomic mass is 16.7. The average Bonchev–Trinajstić information content (AvgIpc) is 3.15. The number of hydrogen-bond acceptors (Lipinski definition) is 4. The van der Waals surface area contributed by atoms with Crippen molar-refractivity contribution in [3.05, 3.63) is 65.2 Å². The van der Waals surface area contributed by atoms with Gasteiger partial charge in [-0.15, -0.1) is 0 Å². The fourth-order valence-electron chi connectivity index (χ4n) is 4.14. The van der Waals surface area contributed by atoms with Gasteiger partial charge in [0.1, 0.15) is 6.04 Å². The number of likely N-dealkylation sites (tertiary alicyclic amines) is 1. The van der Waals surface area contributed by atoms with Crippen LogP contribution in [0.1, 0.15) is 35.6 Å². The average molecular weight is 380 g/mol. The Balaban J connectivity index is 1.56. The molecule has 2 aromatic carbocycles. The number of nitrogens with one attached hydrogen (secondary N) is 1. The molecule has 2 aliphatic rings. The third-order valence-corrected chi connectivity index (χ3v) is 5.75. The minimum Gasteiger partial charge on any atom is -0.347 e. The second-order valence-electron chi connectivity index (χ2n) is 7.76. The molecule has 1 N–H and O–H groups in total. The summed E-state index contributed by atoms with van der Waals surface area (Å²) in [5, 5.41) is 3.16. The number of aryl methyl sites for hydroxylation is 2. The quantitative estimate of drug-likeness (QED) is 0.876. The van der Waals surface area contributed by atoms with Crippen molar-refractivity contribution in [2.45, 2.75) is 38.5 Å². The zero-order valence-electron chi connectivity index (χ0n) is 16.6. The summed E-state index contributed by atoms with van der Waals surface area (Å²) < 4.78 is 11.7. The van der Waals surface area contributed by atoms with Crippen LogP contribution in [0, 0.1) is 13.8 Å². The van der Waals surface area contributed by atoms with E-state index in [9.17, 15) is 4.79 Å². The number of rotatable bonds is 4. The highest BCUT2D eigenvalue weighted by Gasteiger charge is 2.42. The SMILES string of the molecule is Cc1ccc(C)c(NC(=O)C(c2ccccc2)N2CCC3(CC2)OCCO3)c1. The Morgan fingerprint density at radius 3 is 2.39 bits per heavy atom. The number of ether oxygens (including phenoxy) is 2. The second kappa shape index (κ2) is 8.03. The van der Waals surface area contributed by atoms with E-state index in [0.717, 1.165) is 48.3 Å². The maximum absolute atomic E-state index is 13.4. The Hall–Kier alpha value is -2.21. The third kappa shape index (κ3) is 3.97. The number of anilines is 1. The van der Waals surface area contributed by atoms with Gasteiger partial charge in [0, 0.05) is 31.6 Å². The van der Waals surface area contributed by atoms with Gasteiger partial charge in [0.15, 0.2) is 5.79 Å². The Bertz CT molecular complexity index is 821. The Morgan fingerprint density at radius 2 is 1.71 bits per heavy atom. The molecule has 2 heterocycles. The molecule has 0 saturated carbocycles. The molecular weight excluding hydrogens is 352 g/mol. The lowest BCUT2D eigenvalue weighted by molar-refractivity contribution is -0.188. The largest absolute Gasteiger partial charge is 0.347 e. The van der Waals surface area contributed by atoms with E-state index in [1.165, 1.54) is 0 Å². The van der Waals surface area contributed by atoms with E-state index in [1.54, 1.807) is 0 Å². The van der Waals surface area contributed by atoms with E-state index in [2.05, 4.69) is 16.3 Å². The van der Waals surface area contributed by atoms with E-state index in [0.29, 0.717) is 13.2 Å². The lowest BCUT2D eigenvalue weighted by Gasteiger charge is -2.40. The fourth-order valence-corrected chi connectivity index (χ4v) is 4.14. The Kier molecular flexibility index (Phi) is 5.49. The van der Waals surface area contributed by atoms with Gasteiger partial charge in [0.25, 0.3) is 0 Å². The van der Waals surface area contributed by atoms with Crippen molar-refractivity contribution in [2.24, 2.45) is 0 Å². The van der Waals surface area contributed by atoms with Crippen molar-refractivity contribution < 1.29 is 14.3 Å². The molecule has 2 saturated heterocycles. The molecule has 0 aliphatic carbocycles. The molecule has 28 heavy (non-hydrogen) atoms. The van der Waals surface area contributed by atoms with Crippen LogP contribution in [-0.4, -0.2) is 42.9 Å². The van der Waals surface area contributed by atoms with Crippen molar-refractivity contribution in [3.63, 3.8) is 0 Å². The van der Waals surface area contributed by atoms with Gasteiger partial charge in [-0.25, -0.2) is 0 Å². The first-order chi connectivity index (χ1) is 13.6. The van der Waals surface area contributed by atoms with Gasteiger partial charge in [-0.3, -0.25) is 9.69 Å². The van der Waals surface area contributed by atoms with Gasteiger partial charge in [-0.2, -0.15) is 0 Å². The molecule has 0 bridgehead atoms. The van der Waals surface area contributed by atoms with Crippen LogP contribution in [0.25, 0.3) is 0 Å². The van der Waals surface area contributed by atoms with Crippen LogP contribution in [0.4, 0.5) is 5.69 Å². The fraction of sp³-hybridized carbons (Fsp3) is 0.435. The predicted molar refractivity (Wildman–Crippen MR) is 109 cm³/mol. The number of nitrogens with zero attached hydrogens (tertiary/aromatic N) is 1. The molecular formula is C23H28N2O3. The molecule has 5 heteroatoms. The maximum Gasteiger partial charge on any atom is 0.246 e. The number of amides is 1. The summed E-state index contributed by atoms with van der Waals surface area (Å²) in [6.07, 6.45) is 1.57. The van der Waals surface area contributed by atoms with Crippen molar-refractivity contribution in [2.75, 3.05) is 31.6 Å². The minimum atomic E-state index is -0.443. The molecule has 5 nitrogen and oxygen atoms in total. The van der Waals surface area contributed by atoms with Crippen LogP contribution in [-0.2, 0) is 14.3 Å². The monoisotopic (exact) mass is 380 g/mol. The standard InChI is InChI=1S/C23H28N2O3/c1-17-8-9-18(2)20(16-17)24-22(26)21(19-6-4-3-5-7-19)25-12-10-23(11-13-25)27-14-15-28-23/h3-9,16,21H,10-15H2,1-2H3,(H,24,26). The number of carbonyl (C=O) groups is 1. The Morgan fingerprint density at radius 1 is 1.04 bits per heavy atom. The normalized spacial score (nSPS) is 20.2. The molecule has 2 aromatic rings. The van der Waals surface area contributed by atoms with Crippen molar-refractivity contribution in [3.8, 4) is 0 Å². The number of carbonyl (C=O) groups excluding carboxylic acids is 1. The van der Waals surface area contributed by atoms with Gasteiger partial charge in [-0.1, -0.05) is 42.5 Å². The van der Waals surface area contributed by atoms with Crippen LogP contribution in [0.3, 0.4) is 0 Å². The molecule has 1 spiro atoms. The number of benzene rings is 2. The highest BCUT2D eigenvalue weighted by molar-refractivity contribution is 5.96. The molecule has 148 valence electrons. The molecule has 4 rings (SSSR count). The molecule has 1 amide bonds. The van der Waals surface area contributed by atoms with Gasteiger partial charge in [-0.05, 0) is 36.6 Å². The predicted octanol–water partition coefficient (Wildman–Crippen LogP) is 3.82. The van der Waals surface area contributed by atoms with Crippen LogP contribution in [0.15, 0.2) is 48.5 Å². The number of piperidine rings is 1. The van der Waals surface area contributed by atoms with Crippen molar-refractivity contribution in [1.29, 1.82) is 0 Å². The van der Waals surface area contributed by atoms with Crippen molar-refractivity contribution >= 4 is 11.6 Å². The highest BCUT2D eigenvalue weighted by Crippen LogP contribution is 2.35. The van der Waals surface area contributed by atoms with E-state index in [-0.39, 0.29) is 11.9 Å². The van der Waals surface area contributed by atoms with Gasteiger partial charge in [0.05, 0.1) is 13.2 Å². The van der Waals surface area contributed by atoms with Crippen LogP contribution in [0.2, 0.25) is 0 Å². The summed E-state index contributed by atoms with van der Waals surface area (Å²) in [6, 6.07) is 15.8. The summed E-state index contributed by atoms with van der Waals surface area (Å²) in [4.78, 5) is 15.6. The molecule has 1 unspecified atom stereocenters. The second-order valence-corrected chi connectivity index (χ2v) is 7.76. The summed E-state index contributed by atoms with van der Waals surface area (Å²) in [5.74, 6) is -0.439. The lowest BCUT2D eigenvalue weighted by atomic mass is 9.97. The van der Waals surface area contributed by atoms with Gasteiger partial charge < -0.3 is 14.8 Å². The van der Waals surface area contributed by atoms with Crippen LogP contribution < -0.4 is 5.32 Å². The zero-order chi connectivity index (χ0) is 19.6. The molecule has 2 aliphatic heterocycles. The van der Waals surface area contributed by atoms with Crippen molar-refractivity contribution in [1.82, 2.24) is 4.90 Å².